The van der Waals surface area contributed by atoms with Crippen molar-refractivity contribution in [3.63, 3.8) is 0 Å². The molecule has 0 aliphatic carbocycles. The van der Waals surface area contributed by atoms with Crippen LogP contribution in [0.25, 0.3) is 0 Å². The van der Waals surface area contributed by atoms with Crippen molar-refractivity contribution < 1.29 is 9.47 Å². The van der Waals surface area contributed by atoms with Crippen LogP contribution in [0.5, 0.6) is 11.5 Å². The van der Waals surface area contributed by atoms with Crippen LogP contribution in [0, 0.1) is 0 Å². The number of benzene rings is 1. The molecule has 1 aromatic heterocycles. The largest absolute Gasteiger partial charge is 0.497 e. The van der Waals surface area contributed by atoms with E-state index in [-0.39, 0.29) is 0 Å². The molecule has 0 N–H and O–H groups in total. The minimum atomic E-state index is 0.376. The van der Waals surface area contributed by atoms with Crippen LogP contribution in [0.2, 0.25) is 5.15 Å². The maximum atomic E-state index is 5.88. The third-order valence-corrected chi connectivity index (χ3v) is 2.56. The van der Waals surface area contributed by atoms with E-state index in [2.05, 4.69) is 4.98 Å². The van der Waals surface area contributed by atoms with Gasteiger partial charge in [0.2, 0.25) is 0 Å². The van der Waals surface area contributed by atoms with E-state index in [1.54, 1.807) is 25.4 Å². The molecule has 0 saturated carbocycles. The molecule has 1 heterocycles. The number of pyridine rings is 1. The van der Waals surface area contributed by atoms with Crippen LogP contribution in [0.15, 0.2) is 42.6 Å². The third-order valence-electron chi connectivity index (χ3n) is 2.28. The summed E-state index contributed by atoms with van der Waals surface area (Å²) in [7, 11) is 1.64. The predicted octanol–water partition coefficient (Wildman–Crippen LogP) is 3.32. The van der Waals surface area contributed by atoms with E-state index in [0.717, 1.165) is 11.3 Å². The lowest BCUT2D eigenvalue weighted by Crippen LogP contribution is -1.96. The zero-order chi connectivity index (χ0) is 12.1. The highest BCUT2D eigenvalue weighted by Crippen LogP contribution is 2.21. The first-order chi connectivity index (χ1) is 8.29. The van der Waals surface area contributed by atoms with Crippen molar-refractivity contribution in [2.24, 2.45) is 0 Å². The second kappa shape index (κ2) is 5.55. The van der Waals surface area contributed by atoms with Crippen LogP contribution in [0.4, 0.5) is 0 Å². The fraction of sp³-hybridized carbons (Fsp3) is 0.154. The molecule has 0 radical (unpaired) electrons. The van der Waals surface area contributed by atoms with Gasteiger partial charge in [-0.25, -0.2) is 4.98 Å². The summed E-state index contributed by atoms with van der Waals surface area (Å²) in [5.74, 6) is 1.41. The second-order valence-electron chi connectivity index (χ2n) is 3.43. The van der Waals surface area contributed by atoms with E-state index < -0.39 is 0 Å². The maximum Gasteiger partial charge on any atom is 0.171 e. The van der Waals surface area contributed by atoms with Gasteiger partial charge in [0.1, 0.15) is 12.4 Å². The monoisotopic (exact) mass is 249 g/mol. The first-order valence-corrected chi connectivity index (χ1v) is 5.53. The Bertz CT molecular complexity index is 485. The summed E-state index contributed by atoms with van der Waals surface area (Å²) < 4.78 is 10.6. The van der Waals surface area contributed by atoms with Crippen molar-refractivity contribution in [1.82, 2.24) is 4.98 Å². The zero-order valence-corrected chi connectivity index (χ0v) is 10.1. The van der Waals surface area contributed by atoms with E-state index in [1.165, 1.54) is 0 Å². The van der Waals surface area contributed by atoms with Crippen molar-refractivity contribution in [1.29, 1.82) is 0 Å². The minimum absolute atomic E-state index is 0.376. The van der Waals surface area contributed by atoms with Gasteiger partial charge in [-0.3, -0.25) is 0 Å². The highest BCUT2D eigenvalue weighted by atomic mass is 35.5. The van der Waals surface area contributed by atoms with Gasteiger partial charge >= 0.3 is 0 Å². The molecule has 0 bridgehead atoms. The smallest absolute Gasteiger partial charge is 0.171 e. The van der Waals surface area contributed by atoms with Crippen LogP contribution in [-0.4, -0.2) is 12.1 Å². The van der Waals surface area contributed by atoms with Crippen molar-refractivity contribution in [2.45, 2.75) is 6.61 Å². The van der Waals surface area contributed by atoms with Gasteiger partial charge in [-0.1, -0.05) is 23.7 Å². The van der Waals surface area contributed by atoms with Crippen molar-refractivity contribution in [2.75, 3.05) is 7.11 Å². The Morgan fingerprint density at radius 2 is 1.94 bits per heavy atom. The molecule has 0 aliphatic heterocycles. The number of methoxy groups -OCH3 is 1. The number of halogens is 1. The molecule has 0 atom stereocenters. The van der Waals surface area contributed by atoms with E-state index in [1.807, 2.05) is 24.3 Å². The molecule has 0 amide bonds. The van der Waals surface area contributed by atoms with Gasteiger partial charge < -0.3 is 9.47 Å². The summed E-state index contributed by atoms with van der Waals surface area (Å²) in [5.41, 5.74) is 1.05. The molecule has 3 nitrogen and oxygen atoms in total. The molecular formula is C13H12ClNO2. The van der Waals surface area contributed by atoms with E-state index >= 15 is 0 Å². The number of nitrogens with zero attached hydrogens (tertiary/aromatic N) is 1. The molecule has 1 aromatic carbocycles. The van der Waals surface area contributed by atoms with Gasteiger partial charge in [0.05, 0.1) is 7.11 Å². The lowest BCUT2D eigenvalue weighted by molar-refractivity contribution is 0.305. The van der Waals surface area contributed by atoms with E-state index in [0.29, 0.717) is 17.5 Å². The Morgan fingerprint density at radius 1 is 1.18 bits per heavy atom. The lowest BCUT2D eigenvalue weighted by atomic mass is 10.2. The normalized spacial score (nSPS) is 10.0. The van der Waals surface area contributed by atoms with Crippen molar-refractivity contribution in [3.8, 4) is 11.5 Å². The molecule has 0 saturated heterocycles. The van der Waals surface area contributed by atoms with Crippen molar-refractivity contribution in [3.05, 3.63) is 53.3 Å². The molecule has 0 spiro atoms. The van der Waals surface area contributed by atoms with Crippen LogP contribution in [0.3, 0.4) is 0 Å². The van der Waals surface area contributed by atoms with Crippen LogP contribution >= 0.6 is 11.6 Å². The summed E-state index contributed by atoms with van der Waals surface area (Å²) in [6.45, 7) is 0.454. The summed E-state index contributed by atoms with van der Waals surface area (Å²) in [5, 5.41) is 0.376. The fourth-order valence-electron chi connectivity index (χ4n) is 1.36. The van der Waals surface area contributed by atoms with Gasteiger partial charge in [-0.2, -0.15) is 0 Å². The molecular weight excluding hydrogens is 238 g/mol. The Morgan fingerprint density at radius 3 is 2.59 bits per heavy atom. The summed E-state index contributed by atoms with van der Waals surface area (Å²) >= 11 is 5.88. The molecule has 0 unspecified atom stereocenters. The first kappa shape index (κ1) is 11.7. The number of hydrogen-bond donors (Lipinski definition) is 0. The van der Waals surface area contributed by atoms with Crippen molar-refractivity contribution >= 4 is 11.6 Å². The summed E-state index contributed by atoms with van der Waals surface area (Å²) in [6, 6.07) is 11.3. The topological polar surface area (TPSA) is 31.4 Å². The van der Waals surface area contributed by atoms with E-state index in [9.17, 15) is 0 Å². The van der Waals surface area contributed by atoms with Crippen LogP contribution < -0.4 is 9.47 Å². The van der Waals surface area contributed by atoms with Gasteiger partial charge in [0, 0.05) is 6.20 Å². The molecule has 2 rings (SSSR count). The number of aromatic nitrogens is 1. The molecule has 0 aliphatic rings. The van der Waals surface area contributed by atoms with Gasteiger partial charge in [0.15, 0.2) is 10.9 Å². The number of hydrogen-bond acceptors (Lipinski definition) is 3. The average Bonchev–Trinajstić information content (AvgIpc) is 2.38. The molecule has 2 aromatic rings. The minimum Gasteiger partial charge on any atom is -0.497 e. The van der Waals surface area contributed by atoms with Gasteiger partial charge in [0.25, 0.3) is 0 Å². The SMILES string of the molecule is COc1ccc(COc2cccnc2Cl)cc1. The molecule has 4 heteroatoms. The zero-order valence-electron chi connectivity index (χ0n) is 9.39. The highest BCUT2D eigenvalue weighted by molar-refractivity contribution is 6.30. The Balaban J connectivity index is 2.00. The lowest BCUT2D eigenvalue weighted by Gasteiger charge is -2.07. The maximum absolute atomic E-state index is 5.88. The Labute approximate surface area is 105 Å². The van der Waals surface area contributed by atoms with Gasteiger partial charge in [-0.15, -0.1) is 0 Å². The fourth-order valence-corrected chi connectivity index (χ4v) is 1.54. The molecule has 88 valence electrons. The van der Waals surface area contributed by atoms with E-state index in [4.69, 9.17) is 21.1 Å². The molecule has 17 heavy (non-hydrogen) atoms. The quantitative estimate of drug-likeness (QED) is 0.779. The Hall–Kier alpha value is -1.74. The standard InChI is InChI=1S/C13H12ClNO2/c1-16-11-6-4-10(5-7-11)9-17-12-3-2-8-15-13(12)14/h2-8H,9H2,1H3. The summed E-state index contributed by atoms with van der Waals surface area (Å²) in [6.07, 6.45) is 1.63. The number of rotatable bonds is 4. The highest BCUT2D eigenvalue weighted by Gasteiger charge is 2.01. The predicted molar refractivity (Wildman–Crippen MR) is 66.6 cm³/mol. The van der Waals surface area contributed by atoms with Gasteiger partial charge in [-0.05, 0) is 29.8 Å². The number of ether oxygens (including phenoxy) is 2. The van der Waals surface area contributed by atoms with Crippen LogP contribution in [0.1, 0.15) is 5.56 Å². The Kier molecular flexibility index (Phi) is 3.83. The summed E-state index contributed by atoms with van der Waals surface area (Å²) in [4.78, 5) is 3.94. The second-order valence-corrected chi connectivity index (χ2v) is 3.79. The first-order valence-electron chi connectivity index (χ1n) is 5.16. The third kappa shape index (κ3) is 3.11. The average molecular weight is 250 g/mol. The molecule has 0 fully saturated rings. The van der Waals surface area contributed by atoms with Crippen LogP contribution in [-0.2, 0) is 6.61 Å².